The van der Waals surface area contributed by atoms with Gasteiger partial charge >= 0.3 is 0 Å². The van der Waals surface area contributed by atoms with Gasteiger partial charge in [0.05, 0.1) is 0 Å². The number of benzene rings is 2. The molecule has 2 aromatic carbocycles. The molecular weight excluding hydrogens is 276 g/mol. The molecule has 1 amide bonds. The SMILES string of the molecule is CC1CC(NC(=O)COc2ccc3ccccc3c2)CCN1. The smallest absolute Gasteiger partial charge is 0.258 e. The predicted molar refractivity (Wildman–Crippen MR) is 88.1 cm³/mol. The molecule has 1 aliphatic heterocycles. The van der Waals surface area contributed by atoms with Crippen LogP contribution < -0.4 is 15.4 Å². The van der Waals surface area contributed by atoms with E-state index in [1.807, 2.05) is 36.4 Å². The van der Waals surface area contributed by atoms with Crippen LogP contribution in [0.15, 0.2) is 42.5 Å². The molecule has 0 spiro atoms. The molecule has 116 valence electrons. The monoisotopic (exact) mass is 298 g/mol. The summed E-state index contributed by atoms with van der Waals surface area (Å²) >= 11 is 0. The second kappa shape index (κ2) is 6.79. The maximum atomic E-state index is 12.0. The minimum absolute atomic E-state index is 0.0488. The molecule has 0 bridgehead atoms. The Hall–Kier alpha value is -2.07. The van der Waals surface area contributed by atoms with E-state index < -0.39 is 0 Å². The second-order valence-electron chi connectivity index (χ2n) is 5.94. The summed E-state index contributed by atoms with van der Waals surface area (Å²) in [5.74, 6) is 0.680. The molecule has 2 atom stereocenters. The molecule has 0 radical (unpaired) electrons. The standard InChI is InChI=1S/C18H22N2O2/c1-13-10-16(8-9-19-13)20-18(21)12-22-17-7-6-14-4-2-3-5-15(14)11-17/h2-7,11,13,16,19H,8-10,12H2,1H3,(H,20,21). The number of carbonyl (C=O) groups excluding carboxylic acids is 1. The third-order valence-electron chi connectivity index (χ3n) is 4.08. The van der Waals surface area contributed by atoms with Crippen molar-refractivity contribution < 1.29 is 9.53 Å². The van der Waals surface area contributed by atoms with Gasteiger partial charge in [-0.25, -0.2) is 0 Å². The van der Waals surface area contributed by atoms with E-state index in [0.717, 1.165) is 30.5 Å². The van der Waals surface area contributed by atoms with Gasteiger partial charge in [-0.15, -0.1) is 0 Å². The molecule has 1 fully saturated rings. The number of piperidine rings is 1. The van der Waals surface area contributed by atoms with Crippen LogP contribution in [-0.2, 0) is 4.79 Å². The van der Waals surface area contributed by atoms with Gasteiger partial charge in [0.2, 0.25) is 0 Å². The molecule has 0 aromatic heterocycles. The van der Waals surface area contributed by atoms with Crippen LogP contribution in [0.4, 0.5) is 0 Å². The van der Waals surface area contributed by atoms with Crippen LogP contribution in [-0.4, -0.2) is 31.1 Å². The lowest BCUT2D eigenvalue weighted by atomic mass is 10.0. The first kappa shape index (κ1) is 14.9. The fraction of sp³-hybridized carbons (Fsp3) is 0.389. The van der Waals surface area contributed by atoms with Crippen molar-refractivity contribution in [3.63, 3.8) is 0 Å². The summed E-state index contributed by atoms with van der Waals surface area (Å²) in [6, 6.07) is 14.7. The van der Waals surface area contributed by atoms with E-state index in [-0.39, 0.29) is 18.6 Å². The molecule has 1 aliphatic rings. The number of hydrogen-bond donors (Lipinski definition) is 2. The summed E-state index contributed by atoms with van der Waals surface area (Å²) in [5, 5.41) is 8.72. The van der Waals surface area contributed by atoms with E-state index in [1.165, 1.54) is 5.39 Å². The molecular formula is C18H22N2O2. The quantitative estimate of drug-likeness (QED) is 0.911. The lowest BCUT2D eigenvalue weighted by Gasteiger charge is -2.28. The summed E-state index contributed by atoms with van der Waals surface area (Å²) < 4.78 is 5.62. The molecule has 2 aromatic rings. The van der Waals surface area contributed by atoms with Gasteiger partial charge in [-0.05, 0) is 49.2 Å². The first-order valence-corrected chi connectivity index (χ1v) is 7.85. The Morgan fingerprint density at radius 1 is 1.27 bits per heavy atom. The van der Waals surface area contributed by atoms with Crippen LogP contribution in [0.2, 0.25) is 0 Å². The highest BCUT2D eigenvalue weighted by Crippen LogP contribution is 2.20. The summed E-state index contributed by atoms with van der Waals surface area (Å²) in [5.41, 5.74) is 0. The van der Waals surface area contributed by atoms with Crippen LogP contribution in [0.25, 0.3) is 10.8 Å². The van der Waals surface area contributed by atoms with Gasteiger partial charge in [-0.3, -0.25) is 4.79 Å². The number of nitrogens with one attached hydrogen (secondary N) is 2. The van der Waals surface area contributed by atoms with E-state index in [0.29, 0.717) is 6.04 Å². The van der Waals surface area contributed by atoms with Crippen molar-refractivity contribution in [2.24, 2.45) is 0 Å². The zero-order valence-electron chi connectivity index (χ0n) is 12.8. The van der Waals surface area contributed by atoms with Gasteiger partial charge in [0.1, 0.15) is 5.75 Å². The zero-order chi connectivity index (χ0) is 15.4. The molecule has 1 heterocycles. The average molecular weight is 298 g/mol. The lowest BCUT2D eigenvalue weighted by molar-refractivity contribution is -0.124. The van der Waals surface area contributed by atoms with Crippen LogP contribution in [0.3, 0.4) is 0 Å². The third-order valence-corrected chi connectivity index (χ3v) is 4.08. The first-order valence-electron chi connectivity index (χ1n) is 7.85. The van der Waals surface area contributed by atoms with Crippen LogP contribution in [0.5, 0.6) is 5.75 Å². The van der Waals surface area contributed by atoms with Crippen molar-refractivity contribution in [2.45, 2.75) is 31.8 Å². The Labute approximate surface area is 130 Å². The van der Waals surface area contributed by atoms with E-state index in [1.54, 1.807) is 0 Å². The predicted octanol–water partition coefficient (Wildman–Crippen LogP) is 2.48. The molecule has 2 N–H and O–H groups in total. The Kier molecular flexibility index (Phi) is 4.59. The van der Waals surface area contributed by atoms with Crippen molar-refractivity contribution >= 4 is 16.7 Å². The van der Waals surface area contributed by atoms with Gasteiger partial charge in [0, 0.05) is 12.1 Å². The molecule has 2 unspecified atom stereocenters. The number of carbonyl (C=O) groups is 1. The highest BCUT2D eigenvalue weighted by molar-refractivity contribution is 5.84. The molecule has 3 rings (SSSR count). The molecule has 4 nitrogen and oxygen atoms in total. The van der Waals surface area contributed by atoms with Crippen molar-refractivity contribution in [2.75, 3.05) is 13.2 Å². The minimum atomic E-state index is -0.0488. The number of rotatable bonds is 4. The molecule has 0 saturated carbocycles. The van der Waals surface area contributed by atoms with E-state index in [2.05, 4.69) is 23.6 Å². The highest BCUT2D eigenvalue weighted by atomic mass is 16.5. The van der Waals surface area contributed by atoms with E-state index in [9.17, 15) is 4.79 Å². The van der Waals surface area contributed by atoms with E-state index >= 15 is 0 Å². The average Bonchev–Trinajstić information content (AvgIpc) is 2.53. The van der Waals surface area contributed by atoms with Gasteiger partial charge in [-0.1, -0.05) is 30.3 Å². The largest absolute Gasteiger partial charge is 0.484 e. The van der Waals surface area contributed by atoms with Gasteiger partial charge in [0.15, 0.2) is 6.61 Å². The van der Waals surface area contributed by atoms with Crippen molar-refractivity contribution in [3.05, 3.63) is 42.5 Å². The van der Waals surface area contributed by atoms with Crippen LogP contribution in [0, 0.1) is 0 Å². The second-order valence-corrected chi connectivity index (χ2v) is 5.94. The Balaban J connectivity index is 1.53. The van der Waals surface area contributed by atoms with Crippen LogP contribution in [0.1, 0.15) is 19.8 Å². The minimum Gasteiger partial charge on any atom is -0.484 e. The summed E-state index contributed by atoms with van der Waals surface area (Å²) in [4.78, 5) is 12.0. The highest BCUT2D eigenvalue weighted by Gasteiger charge is 2.19. The number of ether oxygens (including phenoxy) is 1. The third kappa shape index (κ3) is 3.77. The van der Waals surface area contributed by atoms with Crippen molar-refractivity contribution in [1.29, 1.82) is 0 Å². The maximum Gasteiger partial charge on any atom is 0.258 e. The fourth-order valence-corrected chi connectivity index (χ4v) is 2.94. The Morgan fingerprint density at radius 3 is 2.91 bits per heavy atom. The lowest BCUT2D eigenvalue weighted by Crippen LogP contribution is -2.47. The maximum absolute atomic E-state index is 12.0. The van der Waals surface area contributed by atoms with Gasteiger partial charge < -0.3 is 15.4 Å². The zero-order valence-corrected chi connectivity index (χ0v) is 12.8. The Bertz CT molecular complexity index is 656. The molecule has 22 heavy (non-hydrogen) atoms. The summed E-state index contributed by atoms with van der Waals surface area (Å²) in [6.45, 7) is 3.16. The van der Waals surface area contributed by atoms with Crippen molar-refractivity contribution in [1.82, 2.24) is 10.6 Å². The van der Waals surface area contributed by atoms with Gasteiger partial charge in [0.25, 0.3) is 5.91 Å². The summed E-state index contributed by atoms with van der Waals surface area (Å²) in [6.07, 6.45) is 1.95. The van der Waals surface area contributed by atoms with Crippen LogP contribution >= 0.6 is 0 Å². The first-order chi connectivity index (χ1) is 10.7. The molecule has 0 aliphatic carbocycles. The molecule has 4 heteroatoms. The fourth-order valence-electron chi connectivity index (χ4n) is 2.94. The molecule has 1 saturated heterocycles. The van der Waals surface area contributed by atoms with Crippen molar-refractivity contribution in [3.8, 4) is 5.75 Å². The topological polar surface area (TPSA) is 50.4 Å². The number of amides is 1. The Morgan fingerprint density at radius 2 is 2.09 bits per heavy atom. The normalized spacial score (nSPS) is 21.5. The number of hydrogen-bond acceptors (Lipinski definition) is 3. The van der Waals surface area contributed by atoms with E-state index in [4.69, 9.17) is 4.74 Å². The summed E-state index contributed by atoms with van der Waals surface area (Å²) in [7, 11) is 0. The van der Waals surface area contributed by atoms with Gasteiger partial charge in [-0.2, -0.15) is 0 Å². The number of fused-ring (bicyclic) bond motifs is 1.